The molecule has 0 saturated heterocycles. The summed E-state index contributed by atoms with van der Waals surface area (Å²) in [5.41, 5.74) is 10.00. The maximum absolute atomic E-state index is 10.8. The van der Waals surface area contributed by atoms with E-state index >= 15 is 0 Å². The van der Waals surface area contributed by atoms with Gasteiger partial charge in [0.25, 0.3) is 0 Å². The molecule has 0 aliphatic carbocycles. The van der Waals surface area contributed by atoms with Crippen LogP contribution in [0.4, 0.5) is 51.2 Å². The zero-order valence-corrected chi connectivity index (χ0v) is 29.0. The van der Waals surface area contributed by atoms with E-state index in [1.165, 1.54) is 29.4 Å². The third-order valence-corrected chi connectivity index (χ3v) is 12.6. The third-order valence-electron chi connectivity index (χ3n) is 9.20. The zero-order valence-electron chi connectivity index (χ0n) is 26.5. The van der Waals surface area contributed by atoms with Crippen LogP contribution in [0.3, 0.4) is 0 Å². The summed E-state index contributed by atoms with van der Waals surface area (Å²) in [6, 6.07) is 58.3. The molecular formula is C43H26N4S3. The summed E-state index contributed by atoms with van der Waals surface area (Å²) < 4.78 is 0. The number of fused-ring (bicyclic) bond motifs is 6. The number of anilines is 9. The average molecular weight is 695 g/mol. The van der Waals surface area contributed by atoms with Crippen LogP contribution in [0.1, 0.15) is 5.56 Å². The molecule has 3 aliphatic rings. The van der Waals surface area contributed by atoms with Gasteiger partial charge in [-0.25, -0.2) is 0 Å². The monoisotopic (exact) mass is 694 g/mol. The van der Waals surface area contributed by atoms with Gasteiger partial charge >= 0.3 is 0 Å². The first-order valence-electron chi connectivity index (χ1n) is 16.3. The highest BCUT2D eigenvalue weighted by Crippen LogP contribution is 2.62. The van der Waals surface area contributed by atoms with Crippen molar-refractivity contribution in [1.29, 1.82) is 5.26 Å². The number of hydrogen-bond acceptors (Lipinski definition) is 7. The Labute approximate surface area is 303 Å². The van der Waals surface area contributed by atoms with Gasteiger partial charge in [0.1, 0.15) is 0 Å². The maximum atomic E-state index is 10.8. The normalized spacial score (nSPS) is 13.6. The molecule has 0 radical (unpaired) electrons. The van der Waals surface area contributed by atoms with E-state index in [0.717, 1.165) is 51.2 Å². The molecular weight excluding hydrogens is 669 g/mol. The molecule has 0 fully saturated rings. The van der Waals surface area contributed by atoms with Gasteiger partial charge in [0.2, 0.25) is 0 Å². The lowest BCUT2D eigenvalue weighted by molar-refractivity contribution is 1.10. The fourth-order valence-electron chi connectivity index (χ4n) is 7.11. The number of rotatable bonds is 3. The average Bonchev–Trinajstić information content (AvgIpc) is 3.17. The minimum absolute atomic E-state index is 0.591. The van der Waals surface area contributed by atoms with Gasteiger partial charge < -0.3 is 14.7 Å². The minimum Gasteiger partial charge on any atom is -0.306 e. The Morgan fingerprint density at radius 2 is 0.600 bits per heavy atom. The standard InChI is InChI=1S/C43H26N4S3/c44-27-28-25-35(45-29-13-1-7-19-37(29)48-38-20-8-2-14-30(38)45)43(47-33-17-5-11-23-41(33)50-42-24-12-6-18-34(42)47)36(26-28)46-31-15-3-9-21-39(31)49-40-22-10-4-16-32(40)46/h1-26H. The second-order valence-electron chi connectivity index (χ2n) is 12.1. The van der Waals surface area contributed by atoms with Crippen molar-refractivity contribution in [3.8, 4) is 6.07 Å². The van der Waals surface area contributed by atoms with Gasteiger partial charge in [-0.3, -0.25) is 0 Å². The van der Waals surface area contributed by atoms with Crippen molar-refractivity contribution in [2.45, 2.75) is 29.4 Å². The summed E-state index contributed by atoms with van der Waals surface area (Å²) in [6.07, 6.45) is 0. The topological polar surface area (TPSA) is 33.5 Å². The Morgan fingerprint density at radius 3 is 0.880 bits per heavy atom. The molecule has 4 nitrogen and oxygen atoms in total. The molecule has 7 heteroatoms. The van der Waals surface area contributed by atoms with E-state index in [1.807, 2.05) is 0 Å². The van der Waals surface area contributed by atoms with E-state index in [-0.39, 0.29) is 0 Å². The molecule has 3 aliphatic heterocycles. The van der Waals surface area contributed by atoms with E-state index in [2.05, 4.69) is 178 Å². The molecule has 50 heavy (non-hydrogen) atoms. The first kappa shape index (κ1) is 29.4. The Balaban J connectivity index is 1.37. The lowest BCUT2D eigenvalue weighted by Gasteiger charge is -2.42. The van der Waals surface area contributed by atoms with Gasteiger partial charge in [0.15, 0.2) is 0 Å². The largest absolute Gasteiger partial charge is 0.306 e. The van der Waals surface area contributed by atoms with Crippen molar-refractivity contribution in [2.75, 3.05) is 14.7 Å². The van der Waals surface area contributed by atoms with Crippen LogP contribution in [-0.4, -0.2) is 0 Å². The number of para-hydroxylation sites is 6. The molecule has 0 N–H and O–H groups in total. The summed E-state index contributed by atoms with van der Waals surface area (Å²) in [4.78, 5) is 14.2. The van der Waals surface area contributed by atoms with Crippen LogP contribution in [0, 0.1) is 11.3 Å². The molecule has 236 valence electrons. The van der Waals surface area contributed by atoms with Crippen LogP contribution >= 0.6 is 35.3 Å². The molecule has 0 aromatic heterocycles. The minimum atomic E-state index is 0.591. The quantitative estimate of drug-likeness (QED) is 0.182. The second kappa shape index (κ2) is 11.8. The van der Waals surface area contributed by atoms with E-state index in [1.54, 1.807) is 35.3 Å². The highest BCUT2D eigenvalue weighted by atomic mass is 32.2. The van der Waals surface area contributed by atoms with E-state index in [4.69, 9.17) is 0 Å². The summed E-state index contributed by atoms with van der Waals surface area (Å²) in [5.74, 6) is 0. The van der Waals surface area contributed by atoms with Crippen LogP contribution in [0.2, 0.25) is 0 Å². The lowest BCUT2D eigenvalue weighted by atomic mass is 10.0. The van der Waals surface area contributed by atoms with Gasteiger partial charge in [-0.15, -0.1) is 0 Å². The fraction of sp³-hybridized carbons (Fsp3) is 0. The van der Waals surface area contributed by atoms with Gasteiger partial charge in [0, 0.05) is 29.4 Å². The highest BCUT2D eigenvalue weighted by Gasteiger charge is 2.36. The Hall–Kier alpha value is -5.52. The van der Waals surface area contributed by atoms with E-state index < -0.39 is 0 Å². The zero-order chi connectivity index (χ0) is 33.2. The first-order chi connectivity index (χ1) is 24.8. The molecule has 0 unspecified atom stereocenters. The molecule has 7 aromatic rings. The van der Waals surface area contributed by atoms with Gasteiger partial charge in [-0.2, -0.15) is 5.26 Å². The van der Waals surface area contributed by atoms with Crippen molar-refractivity contribution in [3.63, 3.8) is 0 Å². The molecule has 0 saturated carbocycles. The van der Waals surface area contributed by atoms with Crippen LogP contribution < -0.4 is 14.7 Å². The van der Waals surface area contributed by atoms with Crippen molar-refractivity contribution in [2.24, 2.45) is 0 Å². The summed E-state index contributed by atoms with van der Waals surface area (Å²) in [5, 5.41) is 10.8. The molecule has 0 spiro atoms. The SMILES string of the molecule is N#Cc1cc(N2c3ccccc3Sc3ccccc32)c(N2c3ccccc3Sc3ccccc32)c(N2c3ccccc3Sc3ccccc32)c1. The van der Waals surface area contributed by atoms with Crippen LogP contribution in [-0.2, 0) is 0 Å². The summed E-state index contributed by atoms with van der Waals surface area (Å²) in [6.45, 7) is 0. The van der Waals surface area contributed by atoms with Crippen LogP contribution in [0.15, 0.2) is 187 Å². The van der Waals surface area contributed by atoms with Gasteiger partial charge in [-0.05, 0) is 84.9 Å². The lowest BCUT2D eigenvalue weighted by Crippen LogP contribution is -2.24. The van der Waals surface area contributed by atoms with Gasteiger partial charge in [-0.1, -0.05) is 108 Å². The Kier molecular flexibility index (Phi) is 6.95. The van der Waals surface area contributed by atoms with Crippen molar-refractivity contribution in [3.05, 3.63) is 163 Å². The molecule has 0 bridgehead atoms. The number of nitriles is 1. The predicted octanol–water partition coefficient (Wildman–Crippen LogP) is 13.4. The van der Waals surface area contributed by atoms with Crippen molar-refractivity contribution in [1.82, 2.24) is 0 Å². The molecule has 3 heterocycles. The van der Waals surface area contributed by atoms with E-state index in [0.29, 0.717) is 5.56 Å². The van der Waals surface area contributed by atoms with Crippen LogP contribution in [0.25, 0.3) is 0 Å². The number of hydrogen-bond donors (Lipinski definition) is 0. The summed E-state index contributed by atoms with van der Waals surface area (Å²) >= 11 is 5.37. The van der Waals surface area contributed by atoms with Crippen molar-refractivity contribution >= 4 is 86.5 Å². The number of benzene rings is 7. The third kappa shape index (κ3) is 4.57. The number of nitrogens with zero attached hydrogens (tertiary/aromatic N) is 4. The Morgan fingerprint density at radius 1 is 0.340 bits per heavy atom. The first-order valence-corrected chi connectivity index (χ1v) is 18.8. The Bertz CT molecular complexity index is 2290. The maximum Gasteiger partial charge on any atom is 0.0993 e. The van der Waals surface area contributed by atoms with Gasteiger partial charge in [0.05, 0.1) is 62.8 Å². The fourth-order valence-corrected chi connectivity index (χ4v) is 10.3. The molecule has 10 rings (SSSR count). The smallest absolute Gasteiger partial charge is 0.0993 e. The predicted molar refractivity (Wildman–Crippen MR) is 208 cm³/mol. The van der Waals surface area contributed by atoms with Crippen LogP contribution in [0.5, 0.6) is 0 Å². The van der Waals surface area contributed by atoms with Crippen molar-refractivity contribution < 1.29 is 0 Å². The highest BCUT2D eigenvalue weighted by molar-refractivity contribution is 8.00. The molecule has 0 amide bonds. The molecule has 0 atom stereocenters. The summed E-state index contributed by atoms with van der Waals surface area (Å²) in [7, 11) is 0. The van der Waals surface area contributed by atoms with E-state index in [9.17, 15) is 5.26 Å². The second-order valence-corrected chi connectivity index (χ2v) is 15.3. The molecule has 7 aromatic carbocycles.